The van der Waals surface area contributed by atoms with Crippen LogP contribution in [0.5, 0.6) is 0 Å². The number of rotatable bonds is 2. The fraction of sp³-hybridized carbons (Fsp3) is 0.0909. The molecule has 0 saturated carbocycles. The summed E-state index contributed by atoms with van der Waals surface area (Å²) < 4.78 is 22.6. The van der Waals surface area contributed by atoms with Gasteiger partial charge < -0.3 is 5.73 Å². The van der Waals surface area contributed by atoms with Crippen molar-refractivity contribution >= 4 is 25.4 Å². The highest BCUT2D eigenvalue weighted by atomic mass is 35.7. The summed E-state index contributed by atoms with van der Waals surface area (Å²) in [7, 11) is 1.45. The van der Waals surface area contributed by atoms with Crippen molar-refractivity contribution in [1.82, 2.24) is 9.97 Å². The fourth-order valence-electron chi connectivity index (χ4n) is 1.60. The van der Waals surface area contributed by atoms with Gasteiger partial charge in [-0.05, 0) is 30.7 Å². The van der Waals surface area contributed by atoms with Gasteiger partial charge in [-0.3, -0.25) is 0 Å². The van der Waals surface area contributed by atoms with Gasteiger partial charge in [-0.25, -0.2) is 18.4 Å². The number of hydrogen-bond acceptors (Lipinski definition) is 5. The summed E-state index contributed by atoms with van der Waals surface area (Å²) in [6.45, 7) is 1.70. The molecule has 2 aromatic rings. The number of aromatic nitrogens is 2. The van der Waals surface area contributed by atoms with E-state index in [9.17, 15) is 8.42 Å². The number of hydrogen-bond donors (Lipinski definition) is 1. The first-order valence-corrected chi connectivity index (χ1v) is 7.33. The summed E-state index contributed by atoms with van der Waals surface area (Å²) in [5.41, 5.74) is 7.17. The Labute approximate surface area is 109 Å². The van der Waals surface area contributed by atoms with Crippen LogP contribution in [0.4, 0.5) is 5.69 Å². The van der Waals surface area contributed by atoms with Crippen molar-refractivity contribution in [3.63, 3.8) is 0 Å². The Kier molecular flexibility index (Phi) is 3.23. The molecule has 94 valence electrons. The molecule has 0 unspecified atom stereocenters. The van der Waals surface area contributed by atoms with Crippen LogP contribution in [-0.4, -0.2) is 18.4 Å². The fourth-order valence-corrected chi connectivity index (χ4v) is 2.65. The number of nitrogens with two attached hydrogens (primary N) is 1. The van der Waals surface area contributed by atoms with Crippen molar-refractivity contribution in [2.75, 3.05) is 5.73 Å². The summed E-state index contributed by atoms with van der Waals surface area (Å²) in [6, 6.07) is 4.65. The molecule has 2 N–H and O–H groups in total. The molecule has 0 aliphatic carbocycles. The zero-order valence-electron chi connectivity index (χ0n) is 9.46. The normalized spacial score (nSPS) is 11.4. The molecule has 5 nitrogen and oxygen atoms in total. The van der Waals surface area contributed by atoms with Crippen LogP contribution in [0.3, 0.4) is 0 Å². The van der Waals surface area contributed by atoms with Gasteiger partial charge in [0.2, 0.25) is 0 Å². The molecule has 1 heterocycles. The standard InChI is InChI=1S/C11H10ClN3O2S/c1-7-8(11-14-5-2-6-15-11)3-4-9(10(7)13)18(12,16)17/h2-6H,13H2,1H3. The first kappa shape index (κ1) is 12.8. The van der Waals surface area contributed by atoms with E-state index in [0.29, 0.717) is 17.0 Å². The van der Waals surface area contributed by atoms with E-state index in [-0.39, 0.29) is 10.6 Å². The molecule has 0 atom stereocenters. The maximum absolute atomic E-state index is 11.3. The second kappa shape index (κ2) is 4.55. The van der Waals surface area contributed by atoms with Gasteiger partial charge in [-0.2, -0.15) is 0 Å². The smallest absolute Gasteiger partial charge is 0.263 e. The third kappa shape index (κ3) is 2.30. The lowest BCUT2D eigenvalue weighted by Gasteiger charge is -2.10. The van der Waals surface area contributed by atoms with Crippen LogP contribution in [-0.2, 0) is 9.05 Å². The molecule has 0 fully saturated rings. The molecule has 7 heteroatoms. The number of halogens is 1. The van der Waals surface area contributed by atoms with Crippen LogP contribution < -0.4 is 5.73 Å². The van der Waals surface area contributed by atoms with Crippen LogP contribution in [0.1, 0.15) is 5.56 Å². The lowest BCUT2D eigenvalue weighted by molar-refractivity contribution is 0.610. The Balaban J connectivity index is 2.66. The number of nitrogens with zero attached hydrogens (tertiary/aromatic N) is 2. The molecular formula is C11H10ClN3O2S. The monoisotopic (exact) mass is 283 g/mol. The molecule has 0 saturated heterocycles. The average molecular weight is 284 g/mol. The summed E-state index contributed by atoms with van der Waals surface area (Å²) in [5.74, 6) is 0.486. The predicted octanol–water partition coefficient (Wildman–Crippen LogP) is 1.96. The van der Waals surface area contributed by atoms with Crippen LogP contribution in [0, 0.1) is 6.92 Å². The maximum atomic E-state index is 11.3. The van der Waals surface area contributed by atoms with Crippen molar-refractivity contribution in [1.29, 1.82) is 0 Å². The first-order chi connectivity index (χ1) is 8.41. The third-order valence-corrected chi connectivity index (χ3v) is 3.92. The highest BCUT2D eigenvalue weighted by Crippen LogP contribution is 2.31. The lowest BCUT2D eigenvalue weighted by atomic mass is 10.1. The van der Waals surface area contributed by atoms with E-state index in [4.69, 9.17) is 16.4 Å². The molecule has 0 radical (unpaired) electrons. The van der Waals surface area contributed by atoms with Gasteiger partial charge in [0.05, 0.1) is 5.69 Å². The van der Waals surface area contributed by atoms with E-state index < -0.39 is 9.05 Å². The van der Waals surface area contributed by atoms with Gasteiger partial charge in [0.1, 0.15) is 4.90 Å². The van der Waals surface area contributed by atoms with Gasteiger partial charge >= 0.3 is 0 Å². The molecule has 0 spiro atoms. The van der Waals surface area contributed by atoms with Crippen molar-refractivity contribution in [3.05, 3.63) is 36.2 Å². The van der Waals surface area contributed by atoms with E-state index in [1.54, 1.807) is 31.5 Å². The van der Waals surface area contributed by atoms with Gasteiger partial charge in [-0.1, -0.05) is 0 Å². The number of anilines is 1. The van der Waals surface area contributed by atoms with Gasteiger partial charge in [0, 0.05) is 28.6 Å². The van der Waals surface area contributed by atoms with Gasteiger partial charge in [0.15, 0.2) is 5.82 Å². The summed E-state index contributed by atoms with van der Waals surface area (Å²) in [6.07, 6.45) is 3.20. The topological polar surface area (TPSA) is 85.9 Å². The van der Waals surface area contributed by atoms with Crippen LogP contribution in [0.25, 0.3) is 11.4 Å². The summed E-state index contributed by atoms with van der Waals surface area (Å²) >= 11 is 0. The van der Waals surface area contributed by atoms with Crippen molar-refractivity contribution < 1.29 is 8.42 Å². The summed E-state index contributed by atoms with van der Waals surface area (Å²) in [5, 5.41) is 0. The molecule has 2 rings (SSSR count). The zero-order chi connectivity index (χ0) is 13.3. The molecule has 0 amide bonds. The molecule has 1 aromatic heterocycles. The molecule has 18 heavy (non-hydrogen) atoms. The van der Waals surface area contributed by atoms with Crippen LogP contribution >= 0.6 is 10.7 Å². The summed E-state index contributed by atoms with van der Waals surface area (Å²) in [4.78, 5) is 8.09. The Morgan fingerprint density at radius 2 is 1.83 bits per heavy atom. The minimum atomic E-state index is -3.85. The molecule has 1 aromatic carbocycles. The SMILES string of the molecule is Cc1c(-c2ncccn2)ccc(S(=O)(=O)Cl)c1N. The minimum Gasteiger partial charge on any atom is -0.397 e. The van der Waals surface area contributed by atoms with Crippen LogP contribution in [0.2, 0.25) is 0 Å². The van der Waals surface area contributed by atoms with E-state index in [0.717, 1.165) is 0 Å². The highest BCUT2D eigenvalue weighted by Gasteiger charge is 2.18. The lowest BCUT2D eigenvalue weighted by Crippen LogP contribution is -2.02. The van der Waals surface area contributed by atoms with Crippen molar-refractivity contribution in [3.8, 4) is 11.4 Å². The molecule has 0 bridgehead atoms. The van der Waals surface area contributed by atoms with Crippen LogP contribution in [0.15, 0.2) is 35.5 Å². The van der Waals surface area contributed by atoms with E-state index in [1.807, 2.05) is 0 Å². The van der Waals surface area contributed by atoms with Gasteiger partial charge in [-0.15, -0.1) is 0 Å². The quantitative estimate of drug-likeness (QED) is 0.672. The molecule has 0 aliphatic heterocycles. The average Bonchev–Trinajstić information content (AvgIpc) is 2.32. The van der Waals surface area contributed by atoms with E-state index >= 15 is 0 Å². The Morgan fingerprint density at radius 3 is 2.39 bits per heavy atom. The number of benzene rings is 1. The van der Waals surface area contributed by atoms with Crippen molar-refractivity contribution in [2.45, 2.75) is 11.8 Å². The van der Waals surface area contributed by atoms with Gasteiger partial charge in [0.25, 0.3) is 9.05 Å². The maximum Gasteiger partial charge on any atom is 0.263 e. The zero-order valence-corrected chi connectivity index (χ0v) is 11.0. The van der Waals surface area contributed by atoms with E-state index in [2.05, 4.69) is 9.97 Å². The predicted molar refractivity (Wildman–Crippen MR) is 69.7 cm³/mol. The second-order valence-electron chi connectivity index (χ2n) is 3.66. The third-order valence-electron chi connectivity index (χ3n) is 2.54. The largest absolute Gasteiger partial charge is 0.397 e. The molecule has 0 aliphatic rings. The molecular weight excluding hydrogens is 274 g/mol. The number of nitrogen functional groups attached to an aromatic ring is 1. The van der Waals surface area contributed by atoms with E-state index in [1.165, 1.54) is 6.07 Å². The second-order valence-corrected chi connectivity index (χ2v) is 6.19. The highest BCUT2D eigenvalue weighted by molar-refractivity contribution is 8.13. The Bertz CT molecular complexity index is 687. The Hall–Kier alpha value is -1.66. The van der Waals surface area contributed by atoms with Crippen molar-refractivity contribution in [2.24, 2.45) is 0 Å². The first-order valence-electron chi connectivity index (χ1n) is 5.02. The Morgan fingerprint density at radius 1 is 1.22 bits per heavy atom. The minimum absolute atomic E-state index is 0.0960.